The van der Waals surface area contributed by atoms with Crippen molar-refractivity contribution in [3.05, 3.63) is 36.5 Å². The number of carbonyl (C=O) groups excluding carboxylic acids is 1. The van der Waals surface area contributed by atoms with E-state index >= 15 is 0 Å². The zero-order valence-electron chi connectivity index (χ0n) is 14.7. The highest BCUT2D eigenvalue weighted by atomic mass is 32.2. The van der Waals surface area contributed by atoms with Crippen molar-refractivity contribution in [2.75, 3.05) is 45.6 Å². The fraction of sp³-hybridized carbons (Fsp3) is 0.375. The van der Waals surface area contributed by atoms with Gasteiger partial charge in [-0.2, -0.15) is 22.1 Å². The maximum absolute atomic E-state index is 12.4. The lowest BCUT2D eigenvalue weighted by Crippen LogP contribution is -2.53. The molecule has 2 N–H and O–H groups in total. The normalized spacial score (nSPS) is 16.0. The number of aromatic amines is 1. The highest BCUT2D eigenvalue weighted by molar-refractivity contribution is 7.86. The molecular formula is C16H22N6O3S. The number of hydrogen-bond acceptors (Lipinski definition) is 4. The van der Waals surface area contributed by atoms with E-state index in [1.54, 1.807) is 11.1 Å². The van der Waals surface area contributed by atoms with E-state index in [0.29, 0.717) is 18.8 Å². The predicted molar refractivity (Wildman–Crippen MR) is 98.8 cm³/mol. The van der Waals surface area contributed by atoms with Gasteiger partial charge in [-0.25, -0.2) is 4.79 Å². The minimum atomic E-state index is -3.43. The van der Waals surface area contributed by atoms with Crippen LogP contribution < -0.4 is 5.32 Å². The van der Waals surface area contributed by atoms with Crippen LogP contribution in [0.15, 0.2) is 36.5 Å². The minimum absolute atomic E-state index is 0.235. The average molecular weight is 378 g/mol. The van der Waals surface area contributed by atoms with Crippen molar-refractivity contribution in [1.29, 1.82) is 0 Å². The summed E-state index contributed by atoms with van der Waals surface area (Å²) in [5.41, 5.74) is 2.56. The number of anilines is 1. The van der Waals surface area contributed by atoms with Gasteiger partial charge in [0.2, 0.25) is 0 Å². The van der Waals surface area contributed by atoms with Gasteiger partial charge in [-0.3, -0.25) is 5.10 Å². The molecule has 1 aromatic carbocycles. The molecule has 0 unspecified atom stereocenters. The Morgan fingerprint density at radius 3 is 2.31 bits per heavy atom. The maximum Gasteiger partial charge on any atom is 0.321 e. The first-order valence-corrected chi connectivity index (χ1v) is 9.61. The lowest BCUT2D eigenvalue weighted by atomic mass is 10.1. The molecule has 1 fully saturated rings. The van der Waals surface area contributed by atoms with Crippen LogP contribution >= 0.6 is 0 Å². The number of hydrogen-bond donors (Lipinski definition) is 2. The average Bonchev–Trinajstić information content (AvgIpc) is 3.17. The fourth-order valence-corrected chi connectivity index (χ4v) is 3.79. The molecule has 0 aliphatic carbocycles. The van der Waals surface area contributed by atoms with Gasteiger partial charge in [-0.1, -0.05) is 12.1 Å². The Morgan fingerprint density at radius 2 is 1.77 bits per heavy atom. The van der Waals surface area contributed by atoms with E-state index in [9.17, 15) is 13.2 Å². The number of rotatable bonds is 4. The Kier molecular flexibility index (Phi) is 5.25. The van der Waals surface area contributed by atoms with Gasteiger partial charge in [0.15, 0.2) is 0 Å². The van der Waals surface area contributed by atoms with Gasteiger partial charge in [-0.05, 0) is 23.8 Å². The Hall–Kier alpha value is -2.43. The molecule has 0 spiro atoms. The van der Waals surface area contributed by atoms with Gasteiger partial charge in [0.1, 0.15) is 0 Å². The first-order valence-electron chi connectivity index (χ1n) is 8.21. The van der Waals surface area contributed by atoms with Gasteiger partial charge < -0.3 is 10.2 Å². The predicted octanol–water partition coefficient (Wildman–Crippen LogP) is 1.03. The summed E-state index contributed by atoms with van der Waals surface area (Å²) in [6.07, 6.45) is 1.68. The van der Waals surface area contributed by atoms with E-state index in [-0.39, 0.29) is 19.1 Å². The lowest BCUT2D eigenvalue weighted by molar-refractivity contribution is 0.182. The van der Waals surface area contributed by atoms with Crippen molar-refractivity contribution in [3.63, 3.8) is 0 Å². The third-order valence-electron chi connectivity index (χ3n) is 4.26. The highest BCUT2D eigenvalue weighted by Gasteiger charge is 2.30. The summed E-state index contributed by atoms with van der Waals surface area (Å²) in [6.45, 7) is 1.27. The van der Waals surface area contributed by atoms with E-state index in [0.717, 1.165) is 11.3 Å². The summed E-state index contributed by atoms with van der Waals surface area (Å²) >= 11 is 0. The molecule has 140 valence electrons. The molecule has 26 heavy (non-hydrogen) atoms. The molecule has 2 aromatic rings. The molecule has 0 radical (unpaired) electrons. The van der Waals surface area contributed by atoms with Gasteiger partial charge in [0.05, 0.1) is 5.69 Å². The van der Waals surface area contributed by atoms with Crippen LogP contribution in [0.4, 0.5) is 10.5 Å². The molecule has 2 amide bonds. The van der Waals surface area contributed by atoms with Crippen LogP contribution in [0.25, 0.3) is 11.3 Å². The summed E-state index contributed by atoms with van der Waals surface area (Å²) < 4.78 is 26.8. The Balaban J connectivity index is 1.56. The van der Waals surface area contributed by atoms with Crippen molar-refractivity contribution in [1.82, 2.24) is 23.7 Å². The van der Waals surface area contributed by atoms with Crippen LogP contribution in [0.3, 0.4) is 0 Å². The zero-order chi connectivity index (χ0) is 18.7. The molecular weight excluding hydrogens is 356 g/mol. The molecule has 1 saturated heterocycles. The van der Waals surface area contributed by atoms with Crippen LogP contribution in [0.1, 0.15) is 0 Å². The second kappa shape index (κ2) is 7.44. The number of H-pyrrole nitrogens is 1. The van der Waals surface area contributed by atoms with E-state index in [1.807, 2.05) is 30.3 Å². The molecule has 1 aromatic heterocycles. The number of aromatic nitrogens is 2. The maximum atomic E-state index is 12.4. The second-order valence-electron chi connectivity index (χ2n) is 6.15. The standard InChI is InChI=1S/C16H22N6O3S/c1-20(2)26(24,25)22-11-9-21(10-12-22)16(23)18-14-5-3-13(4-6-14)15-7-8-17-19-15/h3-8H,9-12H2,1-2H3,(H,17,19)(H,18,23). The van der Waals surface area contributed by atoms with E-state index in [4.69, 9.17) is 0 Å². The molecule has 0 saturated carbocycles. The third-order valence-corrected chi connectivity index (χ3v) is 6.20. The number of benzene rings is 1. The molecule has 9 nitrogen and oxygen atoms in total. The number of carbonyl (C=O) groups is 1. The topological polar surface area (TPSA) is 102 Å². The van der Waals surface area contributed by atoms with E-state index in [2.05, 4.69) is 15.5 Å². The highest BCUT2D eigenvalue weighted by Crippen LogP contribution is 2.19. The number of amides is 2. The smallest absolute Gasteiger partial charge is 0.321 e. The molecule has 2 heterocycles. The quantitative estimate of drug-likeness (QED) is 0.830. The SMILES string of the molecule is CN(C)S(=O)(=O)N1CCN(C(=O)Nc2ccc(-c3ccn[nH]3)cc2)CC1. The first-order chi connectivity index (χ1) is 12.4. The van der Waals surface area contributed by atoms with Gasteiger partial charge in [0, 0.05) is 52.2 Å². The molecule has 0 bridgehead atoms. The van der Waals surface area contributed by atoms with Crippen molar-refractivity contribution < 1.29 is 13.2 Å². The number of nitrogens with zero attached hydrogens (tertiary/aromatic N) is 4. The van der Waals surface area contributed by atoms with Crippen molar-refractivity contribution in [2.45, 2.75) is 0 Å². The number of piperazine rings is 1. The van der Waals surface area contributed by atoms with Crippen LogP contribution in [0, 0.1) is 0 Å². The Bertz CT molecular complexity index is 841. The molecule has 3 rings (SSSR count). The van der Waals surface area contributed by atoms with Crippen LogP contribution in [0.5, 0.6) is 0 Å². The molecule has 1 aliphatic rings. The zero-order valence-corrected chi connectivity index (χ0v) is 15.5. The van der Waals surface area contributed by atoms with Gasteiger partial charge in [-0.15, -0.1) is 0 Å². The minimum Gasteiger partial charge on any atom is -0.322 e. The summed E-state index contributed by atoms with van der Waals surface area (Å²) in [6, 6.07) is 9.06. The largest absolute Gasteiger partial charge is 0.322 e. The Morgan fingerprint density at radius 1 is 1.12 bits per heavy atom. The van der Waals surface area contributed by atoms with Crippen molar-refractivity contribution in [2.24, 2.45) is 0 Å². The van der Waals surface area contributed by atoms with Crippen LogP contribution in [-0.2, 0) is 10.2 Å². The van der Waals surface area contributed by atoms with Crippen LogP contribution in [0.2, 0.25) is 0 Å². The number of nitrogens with one attached hydrogen (secondary N) is 2. The Labute approximate surface area is 152 Å². The van der Waals surface area contributed by atoms with Gasteiger partial charge in [0.25, 0.3) is 10.2 Å². The monoisotopic (exact) mass is 378 g/mol. The first kappa shape index (κ1) is 18.4. The third kappa shape index (κ3) is 3.87. The van der Waals surface area contributed by atoms with Crippen molar-refractivity contribution >= 4 is 21.9 Å². The molecule has 1 aliphatic heterocycles. The number of urea groups is 1. The van der Waals surface area contributed by atoms with Crippen molar-refractivity contribution in [3.8, 4) is 11.3 Å². The van der Waals surface area contributed by atoms with Gasteiger partial charge >= 0.3 is 6.03 Å². The summed E-state index contributed by atoms with van der Waals surface area (Å²) in [5.74, 6) is 0. The fourth-order valence-electron chi connectivity index (χ4n) is 2.71. The molecule has 0 atom stereocenters. The second-order valence-corrected chi connectivity index (χ2v) is 8.30. The lowest BCUT2D eigenvalue weighted by Gasteiger charge is -2.35. The molecule has 10 heteroatoms. The summed E-state index contributed by atoms with van der Waals surface area (Å²) in [5, 5.41) is 9.64. The summed E-state index contributed by atoms with van der Waals surface area (Å²) in [4.78, 5) is 14.0. The van der Waals surface area contributed by atoms with Crippen LogP contribution in [-0.4, -0.2) is 78.4 Å². The summed E-state index contributed by atoms with van der Waals surface area (Å²) in [7, 11) is -0.431. The van der Waals surface area contributed by atoms with E-state index < -0.39 is 10.2 Å². The van der Waals surface area contributed by atoms with E-state index in [1.165, 1.54) is 22.7 Å².